The number of nitrogens with one attached hydrogen (secondary N) is 1. The van der Waals surface area contributed by atoms with E-state index in [9.17, 15) is 23.2 Å². The largest absolute Gasteiger partial charge is 0.481 e. The van der Waals surface area contributed by atoms with Gasteiger partial charge in [-0.2, -0.15) is 0 Å². The minimum atomic E-state index is -2.30. The van der Waals surface area contributed by atoms with Gasteiger partial charge in [-0.3, -0.25) is 14.4 Å². The molecule has 1 fully saturated rings. The molecule has 1 aromatic heterocycles. The Morgan fingerprint density at radius 1 is 1.16 bits per heavy atom. The first-order valence-corrected chi connectivity index (χ1v) is 15.8. The lowest BCUT2D eigenvalue weighted by molar-refractivity contribution is -0.149. The Morgan fingerprint density at radius 2 is 1.81 bits per heavy atom. The first-order chi connectivity index (χ1) is 17.4. The predicted octanol–water partition coefficient (Wildman–Crippen LogP) is 3.48. The highest BCUT2D eigenvalue weighted by Gasteiger charge is 2.43. The number of carbonyl (C=O) groups is 3. The molecule has 1 saturated carbocycles. The summed E-state index contributed by atoms with van der Waals surface area (Å²) < 4.78 is 34.9. The van der Waals surface area contributed by atoms with Crippen LogP contribution in [0, 0.1) is 23.5 Å². The van der Waals surface area contributed by atoms with Crippen molar-refractivity contribution in [1.29, 1.82) is 0 Å². The number of nitrogens with zero attached hydrogens (tertiary/aromatic N) is 2. The molecular weight excluding hydrogens is 500 g/mol. The van der Waals surface area contributed by atoms with Crippen LogP contribution in [0.2, 0.25) is 19.6 Å². The molecule has 0 radical (unpaired) electrons. The zero-order valence-corrected chi connectivity index (χ0v) is 22.3. The van der Waals surface area contributed by atoms with Crippen molar-refractivity contribution >= 4 is 36.7 Å². The van der Waals surface area contributed by atoms with Crippen molar-refractivity contribution in [2.24, 2.45) is 11.8 Å². The zero-order chi connectivity index (χ0) is 27.1. The Morgan fingerprint density at radius 3 is 2.38 bits per heavy atom. The number of carboxylic acids is 1. The number of aromatic nitrogens is 1. The van der Waals surface area contributed by atoms with Crippen LogP contribution in [0.5, 0.6) is 5.88 Å². The molecule has 2 heterocycles. The molecule has 2 amide bonds. The Labute approximate surface area is 215 Å². The van der Waals surface area contributed by atoms with Crippen molar-refractivity contribution in [3.8, 4) is 5.88 Å². The third-order valence-corrected chi connectivity index (χ3v) is 9.01. The highest BCUT2D eigenvalue weighted by Crippen LogP contribution is 2.40. The Balaban J connectivity index is 1.62. The highest BCUT2D eigenvalue weighted by molar-refractivity contribution is 6.88. The molecule has 2 aromatic rings. The highest BCUT2D eigenvalue weighted by atomic mass is 28.3. The van der Waals surface area contributed by atoms with Crippen molar-refractivity contribution in [2.45, 2.75) is 51.4 Å². The molecule has 11 heteroatoms. The molecule has 0 spiro atoms. The summed E-state index contributed by atoms with van der Waals surface area (Å²) in [5.41, 5.74) is 1.08. The first-order valence-electron chi connectivity index (χ1n) is 12.3. The van der Waals surface area contributed by atoms with Crippen LogP contribution in [-0.2, 0) is 20.8 Å². The summed E-state index contributed by atoms with van der Waals surface area (Å²) in [6, 6.07) is 4.43. The van der Waals surface area contributed by atoms with Crippen LogP contribution in [0.1, 0.15) is 36.6 Å². The fourth-order valence-electron chi connectivity index (χ4n) is 5.26. The van der Waals surface area contributed by atoms with Gasteiger partial charge in [0.05, 0.1) is 20.9 Å². The maximum absolute atomic E-state index is 14.8. The lowest BCUT2D eigenvalue weighted by atomic mass is 9.72. The minimum Gasteiger partial charge on any atom is -0.481 e. The summed E-state index contributed by atoms with van der Waals surface area (Å²) in [4.78, 5) is 43.9. The topological polar surface area (TPSA) is 109 Å². The van der Waals surface area contributed by atoms with Gasteiger partial charge >= 0.3 is 5.97 Å². The second kappa shape index (κ2) is 10.2. The maximum Gasteiger partial charge on any atom is 0.303 e. The van der Waals surface area contributed by atoms with E-state index in [4.69, 9.17) is 9.84 Å². The zero-order valence-electron chi connectivity index (χ0n) is 21.3. The van der Waals surface area contributed by atoms with E-state index in [-0.39, 0.29) is 41.6 Å². The molecule has 2 N–H and O–H groups in total. The summed E-state index contributed by atoms with van der Waals surface area (Å²) in [7, 11) is -0.818. The molecule has 1 aliphatic heterocycles. The number of methoxy groups -OCH3 is 1. The molecule has 1 aliphatic carbocycles. The second-order valence-corrected chi connectivity index (χ2v) is 15.8. The smallest absolute Gasteiger partial charge is 0.303 e. The van der Waals surface area contributed by atoms with E-state index >= 15 is 0 Å². The number of halogens is 2. The SMILES string of the molecule is COc1ccc2c(n1)CCN(C(=O)[C@H]1C[C@@H](CC(=O)O)C1)[C@H]2C(=O)Nc1cc(F)c([Si](C)(C)C)c(F)c1. The molecule has 0 saturated heterocycles. The molecule has 198 valence electrons. The number of benzene rings is 1. The van der Waals surface area contributed by atoms with Crippen molar-refractivity contribution in [3.05, 3.63) is 47.2 Å². The van der Waals surface area contributed by atoms with Gasteiger partial charge in [0.1, 0.15) is 17.7 Å². The Bertz CT molecular complexity index is 1220. The number of fused-ring (bicyclic) bond motifs is 1. The third kappa shape index (κ3) is 5.51. The van der Waals surface area contributed by atoms with Crippen molar-refractivity contribution < 1.29 is 33.0 Å². The summed E-state index contributed by atoms with van der Waals surface area (Å²) in [5, 5.41) is 11.7. The average Bonchev–Trinajstić information content (AvgIpc) is 2.77. The van der Waals surface area contributed by atoms with Gasteiger partial charge in [-0.1, -0.05) is 19.6 Å². The Kier molecular flexibility index (Phi) is 7.36. The van der Waals surface area contributed by atoms with Crippen LogP contribution >= 0.6 is 0 Å². The summed E-state index contributed by atoms with van der Waals surface area (Å²) in [6.07, 6.45) is 1.29. The monoisotopic (exact) mass is 531 g/mol. The first kappa shape index (κ1) is 26.7. The lowest BCUT2D eigenvalue weighted by Crippen LogP contribution is -2.50. The molecule has 8 nitrogen and oxygen atoms in total. The number of amides is 2. The summed E-state index contributed by atoms with van der Waals surface area (Å²) in [5.74, 6) is -3.25. The van der Waals surface area contributed by atoms with Crippen LogP contribution in [0.4, 0.5) is 14.5 Å². The molecular formula is C26H31F2N3O5Si. The van der Waals surface area contributed by atoms with Gasteiger partial charge in [-0.25, -0.2) is 13.8 Å². The number of ether oxygens (including phenoxy) is 1. The van der Waals surface area contributed by atoms with E-state index in [1.54, 1.807) is 12.1 Å². The maximum atomic E-state index is 14.8. The van der Waals surface area contributed by atoms with E-state index in [0.29, 0.717) is 36.4 Å². The number of rotatable bonds is 7. The van der Waals surface area contributed by atoms with Gasteiger partial charge in [0, 0.05) is 47.8 Å². The Hall–Kier alpha value is -3.34. The van der Waals surface area contributed by atoms with Crippen molar-refractivity contribution in [3.63, 3.8) is 0 Å². The second-order valence-electron chi connectivity index (χ2n) is 10.8. The molecule has 2 aliphatic rings. The number of hydrogen-bond acceptors (Lipinski definition) is 5. The van der Waals surface area contributed by atoms with Crippen LogP contribution in [0.15, 0.2) is 24.3 Å². The van der Waals surface area contributed by atoms with Crippen LogP contribution in [0.25, 0.3) is 0 Å². The summed E-state index contributed by atoms with van der Waals surface area (Å²) in [6.45, 7) is 5.72. The lowest BCUT2D eigenvalue weighted by Gasteiger charge is -2.41. The molecule has 0 bridgehead atoms. The van der Waals surface area contributed by atoms with Gasteiger partial charge in [-0.05, 0) is 37.0 Å². The van der Waals surface area contributed by atoms with Gasteiger partial charge in [0.15, 0.2) is 0 Å². The van der Waals surface area contributed by atoms with E-state index in [2.05, 4.69) is 10.3 Å². The van der Waals surface area contributed by atoms with Crippen molar-refractivity contribution in [1.82, 2.24) is 9.88 Å². The number of carboxylic acid groups (broad SMARTS) is 1. The van der Waals surface area contributed by atoms with Crippen LogP contribution in [0.3, 0.4) is 0 Å². The number of aliphatic carboxylic acids is 1. The fraction of sp³-hybridized carbons (Fsp3) is 0.462. The van der Waals surface area contributed by atoms with Crippen LogP contribution < -0.4 is 15.2 Å². The van der Waals surface area contributed by atoms with Gasteiger partial charge < -0.3 is 20.1 Å². The average molecular weight is 532 g/mol. The van der Waals surface area contributed by atoms with E-state index in [0.717, 1.165) is 12.1 Å². The normalized spacial score (nSPS) is 21.0. The van der Waals surface area contributed by atoms with Gasteiger partial charge in [-0.15, -0.1) is 0 Å². The molecule has 37 heavy (non-hydrogen) atoms. The molecule has 0 unspecified atom stereocenters. The molecule has 1 atom stereocenters. The van der Waals surface area contributed by atoms with E-state index in [1.165, 1.54) is 12.0 Å². The standard InChI is InChI=1S/C26H31F2N3O5Si/c1-36-21-6-5-17-20(30-21)7-8-31(26(35)15-9-14(10-15)11-22(32)33)23(17)25(34)29-16-12-18(27)24(19(28)13-16)37(2,3)4/h5-6,12-15,23H,7-11H2,1-4H3,(H,29,34)(H,32,33)/t14-,15+,23-/m1/s1. The van der Waals surface area contributed by atoms with Gasteiger partial charge in [0.2, 0.25) is 11.8 Å². The predicted molar refractivity (Wildman–Crippen MR) is 135 cm³/mol. The number of pyridine rings is 1. The number of anilines is 1. The van der Waals surface area contributed by atoms with Crippen molar-refractivity contribution in [2.75, 3.05) is 19.0 Å². The van der Waals surface area contributed by atoms with Crippen LogP contribution in [-0.4, -0.2) is 54.5 Å². The number of carbonyl (C=O) groups excluding carboxylic acids is 2. The quantitative estimate of drug-likeness (QED) is 0.530. The molecule has 1 aromatic carbocycles. The molecule has 4 rings (SSSR count). The number of hydrogen-bond donors (Lipinski definition) is 2. The van der Waals surface area contributed by atoms with E-state index < -0.39 is 37.6 Å². The van der Waals surface area contributed by atoms with E-state index in [1.807, 2.05) is 19.6 Å². The fourth-order valence-corrected chi connectivity index (χ4v) is 6.83. The van der Waals surface area contributed by atoms with Gasteiger partial charge in [0.25, 0.3) is 5.91 Å². The third-order valence-electron chi connectivity index (χ3n) is 7.03. The summed E-state index contributed by atoms with van der Waals surface area (Å²) >= 11 is 0. The minimum absolute atomic E-state index is 0.00475.